The third-order valence-corrected chi connectivity index (χ3v) is 2.77. The lowest BCUT2D eigenvalue weighted by Crippen LogP contribution is -2.01. The van der Waals surface area contributed by atoms with E-state index in [-0.39, 0.29) is 17.1 Å². The fourth-order valence-corrected chi connectivity index (χ4v) is 1.91. The topological polar surface area (TPSA) is 85.2 Å². The molecule has 1 aromatic rings. The van der Waals surface area contributed by atoms with Gasteiger partial charge in [-0.3, -0.25) is 0 Å². The average Bonchev–Trinajstić information content (AvgIpc) is 2.64. The summed E-state index contributed by atoms with van der Waals surface area (Å²) in [6, 6.07) is 0. The minimum Gasteiger partial charge on any atom is -0.504 e. The van der Waals surface area contributed by atoms with Crippen molar-refractivity contribution in [1.29, 1.82) is 0 Å². The molecule has 6 nitrogen and oxygen atoms in total. The monoisotopic (exact) mass is 240 g/mol. The Morgan fingerprint density at radius 2 is 1.88 bits per heavy atom. The van der Waals surface area contributed by atoms with Gasteiger partial charge in [0.05, 0.1) is 7.11 Å². The van der Waals surface area contributed by atoms with E-state index >= 15 is 0 Å². The van der Waals surface area contributed by atoms with Crippen LogP contribution in [0.2, 0.25) is 0 Å². The van der Waals surface area contributed by atoms with Crippen LogP contribution in [0.1, 0.15) is 27.8 Å². The van der Waals surface area contributed by atoms with Crippen LogP contribution in [0.4, 0.5) is 0 Å². The number of rotatable bonds is 2. The van der Waals surface area contributed by atoms with E-state index in [1.165, 1.54) is 14.2 Å². The Morgan fingerprint density at radius 1 is 1.24 bits per heavy atom. The van der Waals surface area contributed by atoms with Gasteiger partial charge in [-0.1, -0.05) is 0 Å². The molecule has 6 heteroatoms. The first-order valence-electron chi connectivity index (χ1n) is 4.89. The maximum absolute atomic E-state index is 11.6. The zero-order valence-corrected chi connectivity index (χ0v) is 9.60. The van der Waals surface area contributed by atoms with Gasteiger partial charge in [0.25, 0.3) is 0 Å². The predicted molar refractivity (Wildman–Crippen MR) is 56.2 cm³/mol. The van der Waals surface area contributed by atoms with Crippen LogP contribution >= 0.6 is 0 Å². The van der Waals surface area contributed by atoms with E-state index in [0.29, 0.717) is 11.1 Å². The Hall–Kier alpha value is -1.95. The van der Waals surface area contributed by atoms with Gasteiger partial charge in [-0.2, -0.15) is 0 Å². The quantitative estimate of drug-likeness (QED) is 0.756. The van der Waals surface area contributed by atoms with Gasteiger partial charge >= 0.3 is 5.97 Å². The summed E-state index contributed by atoms with van der Waals surface area (Å²) in [5.74, 6) is -1.51. The molecule has 0 spiro atoms. The van der Waals surface area contributed by atoms with Crippen molar-refractivity contribution >= 4 is 5.97 Å². The van der Waals surface area contributed by atoms with Crippen LogP contribution in [-0.2, 0) is 9.47 Å². The molecule has 0 radical (unpaired) electrons. The molecule has 1 atom stereocenters. The van der Waals surface area contributed by atoms with Gasteiger partial charge in [0.15, 0.2) is 11.5 Å². The number of fused-ring (bicyclic) bond motifs is 1. The third-order valence-electron chi connectivity index (χ3n) is 2.77. The van der Waals surface area contributed by atoms with Gasteiger partial charge < -0.3 is 24.4 Å². The van der Waals surface area contributed by atoms with E-state index in [1.807, 2.05) is 0 Å². The van der Waals surface area contributed by atoms with Crippen molar-refractivity contribution in [2.75, 3.05) is 14.2 Å². The number of ether oxygens (including phenoxy) is 3. The molecule has 1 heterocycles. The van der Waals surface area contributed by atoms with Gasteiger partial charge in [0.1, 0.15) is 5.56 Å². The van der Waals surface area contributed by atoms with Crippen LogP contribution in [0.3, 0.4) is 0 Å². The number of phenols is 2. The Labute approximate surface area is 97.3 Å². The number of phenolic OH excluding ortho intramolecular Hbond substituents is 2. The van der Waals surface area contributed by atoms with Crippen LogP contribution in [0.25, 0.3) is 0 Å². The van der Waals surface area contributed by atoms with E-state index in [1.54, 1.807) is 6.92 Å². The first-order chi connectivity index (χ1) is 8.02. The summed E-state index contributed by atoms with van der Waals surface area (Å²) in [7, 11) is 2.65. The Morgan fingerprint density at radius 3 is 2.41 bits per heavy atom. The molecule has 2 N–H and O–H groups in total. The molecule has 17 heavy (non-hydrogen) atoms. The van der Waals surface area contributed by atoms with E-state index in [9.17, 15) is 15.0 Å². The summed E-state index contributed by atoms with van der Waals surface area (Å²) in [4.78, 5) is 11.6. The SMILES string of the molecule is COc1c(O)c(C)c2c(c1O)C(=O)O[C@@H]2OC. The van der Waals surface area contributed by atoms with E-state index in [0.717, 1.165) is 0 Å². The van der Waals surface area contributed by atoms with Crippen molar-refractivity contribution in [3.8, 4) is 17.2 Å². The molecule has 0 fully saturated rings. The van der Waals surface area contributed by atoms with Gasteiger partial charge in [0.2, 0.25) is 12.0 Å². The number of cyclic esters (lactones) is 1. The summed E-state index contributed by atoms with van der Waals surface area (Å²) >= 11 is 0. The largest absolute Gasteiger partial charge is 0.504 e. The van der Waals surface area contributed by atoms with Crippen molar-refractivity contribution < 1.29 is 29.2 Å². The maximum Gasteiger partial charge on any atom is 0.345 e. The van der Waals surface area contributed by atoms with Crippen molar-refractivity contribution in [2.24, 2.45) is 0 Å². The molecule has 92 valence electrons. The highest BCUT2D eigenvalue weighted by Gasteiger charge is 2.39. The molecular weight excluding hydrogens is 228 g/mol. The van der Waals surface area contributed by atoms with Crippen LogP contribution in [0.15, 0.2) is 0 Å². The van der Waals surface area contributed by atoms with E-state index in [2.05, 4.69) is 0 Å². The van der Waals surface area contributed by atoms with Crippen molar-refractivity contribution in [3.63, 3.8) is 0 Å². The summed E-state index contributed by atoms with van der Waals surface area (Å²) in [6.45, 7) is 1.59. The second kappa shape index (κ2) is 3.81. The summed E-state index contributed by atoms with van der Waals surface area (Å²) in [5, 5.41) is 19.7. The minimum absolute atomic E-state index is 0.0241. The molecule has 0 aromatic heterocycles. The molecule has 0 saturated heterocycles. The molecule has 2 rings (SSSR count). The molecule has 0 amide bonds. The number of benzene rings is 1. The lowest BCUT2D eigenvalue weighted by molar-refractivity contribution is -0.0819. The molecule has 0 saturated carbocycles. The van der Waals surface area contributed by atoms with Crippen LogP contribution < -0.4 is 4.74 Å². The highest BCUT2D eigenvalue weighted by Crippen LogP contribution is 2.49. The second-order valence-corrected chi connectivity index (χ2v) is 3.62. The predicted octanol–water partition coefficient (Wildman–Crippen LogP) is 1.23. The van der Waals surface area contributed by atoms with Crippen LogP contribution in [0, 0.1) is 6.92 Å². The molecule has 1 aromatic carbocycles. The number of hydrogen-bond acceptors (Lipinski definition) is 6. The average molecular weight is 240 g/mol. The number of methoxy groups -OCH3 is 2. The standard InChI is InChI=1S/C11H12O6/c1-4-5-6(10(14)17-11(5)16-3)8(13)9(15-2)7(4)12/h11-13H,1-3H3/t11-/m0/s1. The van der Waals surface area contributed by atoms with Crippen molar-refractivity contribution in [3.05, 3.63) is 16.7 Å². The van der Waals surface area contributed by atoms with Gasteiger partial charge in [-0.15, -0.1) is 0 Å². The molecular formula is C11H12O6. The lowest BCUT2D eigenvalue weighted by Gasteiger charge is -2.14. The van der Waals surface area contributed by atoms with Crippen molar-refractivity contribution in [1.82, 2.24) is 0 Å². The van der Waals surface area contributed by atoms with Gasteiger partial charge in [-0.25, -0.2) is 4.79 Å². The van der Waals surface area contributed by atoms with Crippen molar-refractivity contribution in [2.45, 2.75) is 13.2 Å². The molecule has 0 aliphatic carbocycles. The maximum atomic E-state index is 11.6. The van der Waals surface area contributed by atoms with E-state index in [4.69, 9.17) is 14.2 Å². The molecule has 0 unspecified atom stereocenters. The highest BCUT2D eigenvalue weighted by atomic mass is 16.7. The number of carbonyl (C=O) groups excluding carboxylic acids is 1. The Kier molecular flexibility index (Phi) is 2.59. The summed E-state index contributed by atoms with van der Waals surface area (Å²) < 4.78 is 14.7. The first-order valence-corrected chi connectivity index (χ1v) is 4.89. The highest BCUT2D eigenvalue weighted by molar-refractivity contribution is 5.99. The fraction of sp³-hybridized carbons (Fsp3) is 0.364. The van der Waals surface area contributed by atoms with Crippen LogP contribution in [0.5, 0.6) is 17.2 Å². The fourth-order valence-electron chi connectivity index (χ4n) is 1.91. The summed E-state index contributed by atoms with van der Waals surface area (Å²) in [6.07, 6.45) is -0.916. The normalized spacial score (nSPS) is 17.8. The third kappa shape index (κ3) is 1.41. The molecule has 1 aliphatic heterocycles. The first kappa shape index (κ1) is 11.5. The number of esters is 1. The summed E-state index contributed by atoms with van der Waals surface area (Å²) in [5.41, 5.74) is 0.685. The van der Waals surface area contributed by atoms with E-state index < -0.39 is 18.0 Å². The zero-order valence-electron chi connectivity index (χ0n) is 9.60. The Bertz CT molecular complexity index is 493. The minimum atomic E-state index is -0.916. The van der Waals surface area contributed by atoms with Gasteiger partial charge in [0, 0.05) is 18.2 Å². The smallest absolute Gasteiger partial charge is 0.345 e. The number of aromatic hydroxyl groups is 2. The lowest BCUT2D eigenvalue weighted by atomic mass is 10.00. The number of carbonyl (C=O) groups is 1. The van der Waals surface area contributed by atoms with Crippen LogP contribution in [-0.4, -0.2) is 30.4 Å². The van der Waals surface area contributed by atoms with Gasteiger partial charge in [-0.05, 0) is 6.92 Å². The zero-order chi connectivity index (χ0) is 12.7. The Balaban J connectivity index is 2.78. The second-order valence-electron chi connectivity index (χ2n) is 3.62. The molecule has 1 aliphatic rings. The molecule has 0 bridgehead atoms. The number of hydrogen-bond donors (Lipinski definition) is 2.